The molecule has 4 bridgehead atoms. The normalized spacial score (nSPS) is 18.1. The van der Waals surface area contributed by atoms with E-state index < -0.39 is 11.9 Å². The predicted molar refractivity (Wildman–Crippen MR) is 180 cm³/mol. The molecule has 3 aromatic rings. The van der Waals surface area contributed by atoms with Gasteiger partial charge in [-0.3, -0.25) is 19.2 Å². The van der Waals surface area contributed by atoms with Crippen LogP contribution in [0.25, 0.3) is 11.5 Å². The number of hydrogen-bond acceptors (Lipinski definition) is 9. The molecule has 3 heterocycles. The minimum atomic E-state index is -0.899. The zero-order valence-electron chi connectivity index (χ0n) is 28.4. The zero-order valence-corrected chi connectivity index (χ0v) is 28.4. The molecule has 1 aromatic heterocycles. The van der Waals surface area contributed by atoms with Crippen LogP contribution in [0.15, 0.2) is 52.9 Å². The summed E-state index contributed by atoms with van der Waals surface area (Å²) in [5, 5.41) is 5.79. The molecule has 13 nitrogen and oxygen atoms in total. The van der Waals surface area contributed by atoms with E-state index >= 15 is 0 Å². The fourth-order valence-electron chi connectivity index (χ4n) is 6.02. The molecular formula is C36H45N5O8. The highest BCUT2D eigenvalue weighted by Crippen LogP contribution is 2.33. The predicted octanol–water partition coefficient (Wildman–Crippen LogP) is 2.89. The van der Waals surface area contributed by atoms with E-state index in [0.29, 0.717) is 73.4 Å². The van der Waals surface area contributed by atoms with E-state index in [0.717, 1.165) is 5.56 Å². The van der Waals surface area contributed by atoms with Gasteiger partial charge in [-0.15, -0.1) is 0 Å². The largest absolute Gasteiger partial charge is 0.493 e. The van der Waals surface area contributed by atoms with Crippen molar-refractivity contribution in [1.82, 2.24) is 25.4 Å². The molecule has 2 aromatic carbocycles. The van der Waals surface area contributed by atoms with Crippen molar-refractivity contribution >= 4 is 23.6 Å². The van der Waals surface area contributed by atoms with E-state index in [9.17, 15) is 19.2 Å². The van der Waals surface area contributed by atoms with Crippen molar-refractivity contribution in [2.24, 2.45) is 5.92 Å². The van der Waals surface area contributed by atoms with Crippen molar-refractivity contribution in [2.75, 3.05) is 53.1 Å². The second kappa shape index (κ2) is 17.0. The molecule has 262 valence electrons. The summed E-state index contributed by atoms with van der Waals surface area (Å²) in [6, 6.07) is 13.9. The Morgan fingerprint density at radius 2 is 1.82 bits per heavy atom. The third-order valence-electron chi connectivity index (χ3n) is 8.77. The van der Waals surface area contributed by atoms with Gasteiger partial charge in [-0.25, -0.2) is 4.98 Å². The van der Waals surface area contributed by atoms with Crippen LogP contribution in [-0.4, -0.2) is 97.6 Å². The Bertz CT molecular complexity index is 1600. The lowest BCUT2D eigenvalue weighted by molar-refractivity contribution is -0.144. The van der Waals surface area contributed by atoms with Gasteiger partial charge in [0, 0.05) is 44.1 Å². The Morgan fingerprint density at radius 3 is 2.55 bits per heavy atom. The van der Waals surface area contributed by atoms with E-state index in [2.05, 4.69) is 15.6 Å². The molecule has 1 atom stereocenters. The van der Waals surface area contributed by atoms with Crippen molar-refractivity contribution in [3.8, 4) is 23.0 Å². The highest BCUT2D eigenvalue weighted by atomic mass is 16.5. The van der Waals surface area contributed by atoms with Crippen molar-refractivity contribution in [3.05, 3.63) is 65.5 Å². The van der Waals surface area contributed by atoms with Gasteiger partial charge < -0.3 is 39.1 Å². The molecule has 0 aliphatic carbocycles. The van der Waals surface area contributed by atoms with Crippen LogP contribution in [0.3, 0.4) is 0 Å². The number of nitrogens with one attached hydrogen (secondary N) is 2. The highest BCUT2D eigenvalue weighted by molar-refractivity contribution is 5.91. The summed E-state index contributed by atoms with van der Waals surface area (Å²) in [5.41, 5.74) is 2.10. The number of likely N-dealkylation sites (tertiary alicyclic amines) is 1. The molecule has 5 rings (SSSR count). The summed E-state index contributed by atoms with van der Waals surface area (Å²) in [6.45, 7) is 5.30. The van der Waals surface area contributed by atoms with Crippen LogP contribution in [0.4, 0.5) is 0 Å². The fourth-order valence-corrected chi connectivity index (χ4v) is 6.02. The summed E-state index contributed by atoms with van der Waals surface area (Å²) >= 11 is 0. The van der Waals surface area contributed by atoms with Crippen molar-refractivity contribution in [2.45, 2.75) is 52.1 Å². The Balaban J connectivity index is 1.37. The molecule has 0 unspecified atom stereocenters. The number of ether oxygens (including phenoxy) is 3. The Kier molecular flexibility index (Phi) is 12.3. The summed E-state index contributed by atoms with van der Waals surface area (Å²) in [6.07, 6.45) is 1.64. The standard InChI is InChI=1S/C36H45N5O8/c1-4-47-23-33(43)40-16-13-26(14-17-40)36(45)41-15-8-18-48-31-20-27(11-12-30(31)46-3)35-39-29(24(2)49-35)21-37-34(44)28(38-32(42)22-41)19-25-9-6-5-7-10-25/h5-7,9-12,20,26,28H,4,8,13-19,21-23H2,1-3H3,(H,37,44)(H,38,42)/t28-/m1/s1. The molecule has 2 aliphatic rings. The summed E-state index contributed by atoms with van der Waals surface area (Å²) < 4.78 is 22.8. The number of oxazole rings is 1. The SMILES string of the molecule is CCOCC(=O)N1CCC(C(=O)N2CCCOc3cc(ccc3OC)-c3nc(c(C)o3)CNC(=O)[C@@H](Cc3ccccc3)NC(=O)C2)CC1. The maximum absolute atomic E-state index is 13.9. The third-order valence-corrected chi connectivity index (χ3v) is 8.77. The molecule has 49 heavy (non-hydrogen) atoms. The van der Waals surface area contributed by atoms with E-state index in [1.807, 2.05) is 43.3 Å². The number of rotatable bonds is 7. The molecule has 0 saturated carbocycles. The van der Waals surface area contributed by atoms with Crippen LogP contribution in [0.1, 0.15) is 43.2 Å². The molecule has 1 fully saturated rings. The minimum Gasteiger partial charge on any atom is -0.493 e. The fraction of sp³-hybridized carbons (Fsp3) is 0.472. The van der Waals surface area contributed by atoms with Gasteiger partial charge in [-0.2, -0.15) is 0 Å². The summed E-state index contributed by atoms with van der Waals surface area (Å²) in [7, 11) is 1.55. The van der Waals surface area contributed by atoms with Gasteiger partial charge in [0.2, 0.25) is 29.5 Å². The average molecular weight is 676 g/mol. The molecule has 0 radical (unpaired) electrons. The van der Waals surface area contributed by atoms with Gasteiger partial charge in [0.05, 0.1) is 26.8 Å². The molecular weight excluding hydrogens is 630 g/mol. The lowest BCUT2D eigenvalue weighted by Crippen LogP contribution is -2.52. The monoisotopic (exact) mass is 675 g/mol. The number of fused-ring (bicyclic) bond motifs is 5. The van der Waals surface area contributed by atoms with Crippen LogP contribution in [0.5, 0.6) is 11.5 Å². The molecule has 2 aliphatic heterocycles. The number of carbonyl (C=O) groups excluding carboxylic acids is 4. The molecule has 1 saturated heterocycles. The van der Waals surface area contributed by atoms with Gasteiger partial charge in [-0.05, 0) is 56.9 Å². The number of aryl methyl sites for hydroxylation is 1. The number of carbonyl (C=O) groups is 4. The van der Waals surface area contributed by atoms with Crippen LogP contribution < -0.4 is 20.1 Å². The van der Waals surface area contributed by atoms with Crippen LogP contribution in [0.2, 0.25) is 0 Å². The Labute approximate surface area is 286 Å². The van der Waals surface area contributed by atoms with Crippen LogP contribution >= 0.6 is 0 Å². The van der Waals surface area contributed by atoms with Gasteiger partial charge in [0.25, 0.3) is 0 Å². The van der Waals surface area contributed by atoms with Crippen LogP contribution in [0, 0.1) is 12.8 Å². The first-order chi connectivity index (χ1) is 23.7. The third kappa shape index (κ3) is 9.38. The zero-order chi connectivity index (χ0) is 34.8. The minimum absolute atomic E-state index is 0.0190. The van der Waals surface area contributed by atoms with Crippen LogP contribution in [-0.2, 0) is 36.9 Å². The summed E-state index contributed by atoms with van der Waals surface area (Å²) in [5.74, 6) is 0.470. The Hall–Kier alpha value is -4.91. The number of aromatic nitrogens is 1. The first kappa shape index (κ1) is 35.4. The van der Waals surface area contributed by atoms with E-state index in [4.69, 9.17) is 18.6 Å². The van der Waals surface area contributed by atoms with Crippen molar-refractivity contribution in [3.63, 3.8) is 0 Å². The molecule has 2 N–H and O–H groups in total. The molecule has 0 spiro atoms. The topological polar surface area (TPSA) is 153 Å². The second-order valence-corrected chi connectivity index (χ2v) is 12.2. The number of methoxy groups -OCH3 is 1. The second-order valence-electron chi connectivity index (χ2n) is 12.2. The van der Waals surface area contributed by atoms with Crippen molar-refractivity contribution < 1.29 is 37.8 Å². The number of piperidine rings is 1. The average Bonchev–Trinajstić information content (AvgIpc) is 3.50. The van der Waals surface area contributed by atoms with Crippen molar-refractivity contribution in [1.29, 1.82) is 0 Å². The number of amides is 4. The summed E-state index contributed by atoms with van der Waals surface area (Å²) in [4.78, 5) is 61.4. The first-order valence-corrected chi connectivity index (χ1v) is 16.8. The van der Waals surface area contributed by atoms with Gasteiger partial charge in [0.1, 0.15) is 24.1 Å². The quantitative estimate of drug-likeness (QED) is 0.385. The smallest absolute Gasteiger partial charge is 0.248 e. The van der Waals surface area contributed by atoms with Gasteiger partial charge >= 0.3 is 0 Å². The lowest BCUT2D eigenvalue weighted by Gasteiger charge is -2.34. The van der Waals surface area contributed by atoms with E-state index in [1.54, 1.807) is 31.1 Å². The number of hydrogen-bond donors (Lipinski definition) is 2. The Morgan fingerprint density at radius 1 is 1.04 bits per heavy atom. The van der Waals surface area contributed by atoms with Gasteiger partial charge in [-0.1, -0.05) is 30.3 Å². The molecule has 13 heteroatoms. The van der Waals surface area contributed by atoms with E-state index in [-0.39, 0.29) is 62.9 Å². The maximum atomic E-state index is 13.9. The first-order valence-electron chi connectivity index (χ1n) is 16.8. The van der Waals surface area contributed by atoms with E-state index in [1.165, 1.54) is 4.90 Å². The highest BCUT2D eigenvalue weighted by Gasteiger charge is 2.32. The lowest BCUT2D eigenvalue weighted by atomic mass is 9.95. The van der Waals surface area contributed by atoms with Gasteiger partial charge in [0.15, 0.2) is 11.5 Å². The number of nitrogens with zero attached hydrogens (tertiary/aromatic N) is 3. The molecule has 4 amide bonds. The number of benzene rings is 2. The maximum Gasteiger partial charge on any atom is 0.248 e.